The van der Waals surface area contributed by atoms with Crippen molar-refractivity contribution in [2.45, 2.75) is 37.5 Å². The van der Waals surface area contributed by atoms with Gasteiger partial charge in [-0.05, 0) is 37.6 Å². The van der Waals surface area contributed by atoms with Crippen LogP contribution in [0, 0.1) is 0 Å². The fraction of sp³-hybridized carbons (Fsp3) is 0.316. The van der Waals surface area contributed by atoms with Crippen LogP contribution in [0.25, 0.3) is 0 Å². The molecule has 0 fully saturated rings. The first kappa shape index (κ1) is 23.2. The Morgan fingerprint density at radius 3 is 2.31 bits per heavy atom. The highest BCUT2D eigenvalue weighted by molar-refractivity contribution is 7.89. The van der Waals surface area contributed by atoms with E-state index in [0.717, 1.165) is 16.4 Å². The van der Waals surface area contributed by atoms with Gasteiger partial charge >= 0.3 is 6.18 Å². The van der Waals surface area contributed by atoms with E-state index in [1.807, 2.05) is 0 Å². The fourth-order valence-corrected chi connectivity index (χ4v) is 4.21. The summed E-state index contributed by atoms with van der Waals surface area (Å²) in [6.07, 6.45) is -4.82. The highest BCUT2D eigenvalue weighted by Crippen LogP contribution is 2.36. The summed E-state index contributed by atoms with van der Waals surface area (Å²) in [6.45, 7) is 2.70. The van der Waals surface area contributed by atoms with Crippen molar-refractivity contribution < 1.29 is 26.4 Å². The van der Waals surface area contributed by atoms with Gasteiger partial charge in [-0.3, -0.25) is 4.79 Å². The van der Waals surface area contributed by atoms with E-state index in [1.54, 1.807) is 44.2 Å². The number of carbonyl (C=O) groups is 1. The zero-order valence-electron chi connectivity index (χ0n) is 15.7. The molecular formula is C19H20ClF3N2O3S. The van der Waals surface area contributed by atoms with Gasteiger partial charge < -0.3 is 5.32 Å². The molecule has 2 rings (SSSR count). The summed E-state index contributed by atoms with van der Waals surface area (Å²) in [5, 5.41) is 1.97. The topological polar surface area (TPSA) is 66.5 Å². The monoisotopic (exact) mass is 448 g/mol. The molecular weight excluding hydrogens is 429 g/mol. The van der Waals surface area contributed by atoms with E-state index in [-0.39, 0.29) is 12.6 Å². The Morgan fingerprint density at radius 1 is 1.14 bits per heavy atom. The lowest BCUT2D eigenvalue weighted by molar-refractivity contribution is -0.137. The van der Waals surface area contributed by atoms with Crippen molar-refractivity contribution in [2.75, 3.05) is 6.54 Å². The average molecular weight is 449 g/mol. The molecule has 0 aliphatic carbocycles. The molecule has 5 nitrogen and oxygen atoms in total. The number of nitrogens with zero attached hydrogens (tertiary/aromatic N) is 1. The largest absolute Gasteiger partial charge is 0.417 e. The molecule has 1 N–H and O–H groups in total. The second-order valence-electron chi connectivity index (χ2n) is 6.62. The summed E-state index contributed by atoms with van der Waals surface area (Å²) in [7, 11) is -4.42. The number of amides is 1. The van der Waals surface area contributed by atoms with Gasteiger partial charge in [-0.1, -0.05) is 41.9 Å². The van der Waals surface area contributed by atoms with Crippen LogP contribution in [0.1, 0.15) is 25.0 Å². The van der Waals surface area contributed by atoms with E-state index in [0.29, 0.717) is 11.6 Å². The van der Waals surface area contributed by atoms with Crippen LogP contribution in [0.2, 0.25) is 5.02 Å². The Balaban J connectivity index is 2.46. The molecule has 2 aromatic carbocycles. The van der Waals surface area contributed by atoms with Crippen molar-refractivity contribution in [3.05, 3.63) is 64.7 Å². The minimum absolute atomic E-state index is 0.182. The zero-order valence-corrected chi connectivity index (χ0v) is 17.3. The molecule has 29 heavy (non-hydrogen) atoms. The Labute approximate surface area is 172 Å². The van der Waals surface area contributed by atoms with Crippen molar-refractivity contribution in [2.24, 2.45) is 0 Å². The molecule has 158 valence electrons. The molecule has 0 aliphatic heterocycles. The molecule has 0 aromatic heterocycles. The summed E-state index contributed by atoms with van der Waals surface area (Å²) in [6, 6.07) is 10.6. The van der Waals surface area contributed by atoms with E-state index < -0.39 is 44.1 Å². The lowest BCUT2D eigenvalue weighted by atomic mass is 10.2. The lowest BCUT2D eigenvalue weighted by Crippen LogP contribution is -2.42. The molecule has 0 atom stereocenters. The Hall–Kier alpha value is -2.10. The van der Waals surface area contributed by atoms with Gasteiger partial charge in [-0.25, -0.2) is 8.42 Å². The third-order valence-electron chi connectivity index (χ3n) is 3.85. The number of halogens is 4. The number of hydrogen-bond donors (Lipinski definition) is 1. The SMILES string of the molecule is CC(C)NC(=O)CN(Cc1ccccc1)S(=O)(=O)c1ccc(Cl)c(C(F)(F)F)c1. The van der Waals surface area contributed by atoms with Crippen molar-refractivity contribution in [3.8, 4) is 0 Å². The van der Waals surface area contributed by atoms with E-state index >= 15 is 0 Å². The molecule has 0 spiro atoms. The first-order valence-corrected chi connectivity index (χ1v) is 10.4. The van der Waals surface area contributed by atoms with E-state index in [9.17, 15) is 26.4 Å². The zero-order chi connectivity index (χ0) is 21.8. The van der Waals surface area contributed by atoms with Gasteiger partial charge in [0, 0.05) is 12.6 Å². The highest BCUT2D eigenvalue weighted by Gasteiger charge is 2.36. The number of sulfonamides is 1. The predicted molar refractivity (Wildman–Crippen MR) is 104 cm³/mol. The quantitative estimate of drug-likeness (QED) is 0.694. The third kappa shape index (κ3) is 6.19. The van der Waals surface area contributed by atoms with Crippen LogP contribution in [0.15, 0.2) is 53.4 Å². The summed E-state index contributed by atoms with van der Waals surface area (Å²) in [4.78, 5) is 11.6. The molecule has 0 saturated heterocycles. The standard InChI is InChI=1S/C19H20ClF3N2O3S/c1-13(2)24-18(26)12-25(11-14-6-4-3-5-7-14)29(27,28)15-8-9-17(20)16(10-15)19(21,22)23/h3-10,13H,11-12H2,1-2H3,(H,24,26). The van der Waals surface area contributed by atoms with Crippen molar-refractivity contribution >= 4 is 27.5 Å². The number of alkyl halides is 3. The van der Waals surface area contributed by atoms with Gasteiger partial charge in [0.05, 0.1) is 22.0 Å². The molecule has 10 heteroatoms. The number of hydrogen-bond acceptors (Lipinski definition) is 3. The number of benzene rings is 2. The normalized spacial score (nSPS) is 12.4. The third-order valence-corrected chi connectivity index (χ3v) is 5.97. The number of rotatable bonds is 7. The van der Waals surface area contributed by atoms with Crippen molar-refractivity contribution in [3.63, 3.8) is 0 Å². The second-order valence-corrected chi connectivity index (χ2v) is 8.97. The first-order chi connectivity index (χ1) is 13.4. The molecule has 0 heterocycles. The summed E-state index contributed by atoms with van der Waals surface area (Å²) >= 11 is 5.59. The summed E-state index contributed by atoms with van der Waals surface area (Å²) in [5.41, 5.74) is -0.676. The van der Waals surface area contributed by atoms with E-state index in [2.05, 4.69) is 5.32 Å². The van der Waals surface area contributed by atoms with Gasteiger partial charge in [-0.15, -0.1) is 0 Å². The summed E-state index contributed by atoms with van der Waals surface area (Å²) in [5.74, 6) is -0.565. The van der Waals surface area contributed by atoms with Gasteiger partial charge in [0.25, 0.3) is 0 Å². The van der Waals surface area contributed by atoms with Gasteiger partial charge in [0.1, 0.15) is 0 Å². The van der Waals surface area contributed by atoms with Gasteiger partial charge in [0.2, 0.25) is 15.9 Å². The smallest absolute Gasteiger partial charge is 0.353 e. The van der Waals surface area contributed by atoms with Gasteiger partial charge in [-0.2, -0.15) is 17.5 Å². The maximum absolute atomic E-state index is 13.2. The maximum Gasteiger partial charge on any atom is 0.417 e. The van der Waals surface area contributed by atoms with Crippen LogP contribution in [-0.4, -0.2) is 31.2 Å². The molecule has 0 saturated carbocycles. The average Bonchev–Trinajstić information content (AvgIpc) is 2.60. The minimum Gasteiger partial charge on any atom is -0.353 e. The van der Waals surface area contributed by atoms with Crippen LogP contribution in [0.4, 0.5) is 13.2 Å². The van der Waals surface area contributed by atoms with Crippen molar-refractivity contribution in [1.29, 1.82) is 0 Å². The number of nitrogens with one attached hydrogen (secondary N) is 1. The van der Waals surface area contributed by atoms with Crippen LogP contribution < -0.4 is 5.32 Å². The summed E-state index contributed by atoms with van der Waals surface area (Å²) < 4.78 is 66.5. The molecule has 2 aromatic rings. The number of carbonyl (C=O) groups excluding carboxylic acids is 1. The molecule has 0 unspecified atom stereocenters. The van der Waals surface area contributed by atoms with E-state index in [4.69, 9.17) is 11.6 Å². The van der Waals surface area contributed by atoms with Crippen LogP contribution in [0.3, 0.4) is 0 Å². The van der Waals surface area contributed by atoms with Crippen molar-refractivity contribution in [1.82, 2.24) is 9.62 Å². The Morgan fingerprint density at radius 2 is 1.76 bits per heavy atom. The van der Waals surface area contributed by atoms with Gasteiger partial charge in [0.15, 0.2) is 0 Å². The van der Waals surface area contributed by atoms with E-state index in [1.165, 1.54) is 0 Å². The predicted octanol–water partition coefficient (Wildman–Crippen LogP) is 4.07. The van der Waals surface area contributed by atoms with Crippen LogP contribution in [-0.2, 0) is 27.5 Å². The fourth-order valence-electron chi connectivity index (χ4n) is 2.57. The second kappa shape index (κ2) is 9.15. The lowest BCUT2D eigenvalue weighted by Gasteiger charge is -2.23. The Bertz CT molecular complexity index is 964. The molecule has 0 bridgehead atoms. The highest BCUT2D eigenvalue weighted by atomic mass is 35.5. The minimum atomic E-state index is -4.82. The molecule has 0 aliphatic rings. The maximum atomic E-state index is 13.2. The van der Waals surface area contributed by atoms with Crippen LogP contribution >= 0.6 is 11.6 Å². The molecule has 0 radical (unpaired) electrons. The molecule has 1 amide bonds. The Kier molecular flexibility index (Phi) is 7.31. The first-order valence-electron chi connectivity index (χ1n) is 8.61. The van der Waals surface area contributed by atoms with Crippen LogP contribution in [0.5, 0.6) is 0 Å².